The maximum absolute atomic E-state index is 13.4. The van der Waals surface area contributed by atoms with Crippen LogP contribution >= 0.6 is 23.2 Å². The van der Waals surface area contributed by atoms with Crippen molar-refractivity contribution in [2.24, 2.45) is 0 Å². The zero-order valence-corrected chi connectivity index (χ0v) is 11.4. The third kappa shape index (κ3) is 2.07. The molecule has 2 nitrogen and oxygen atoms in total. The molecule has 0 saturated heterocycles. The summed E-state index contributed by atoms with van der Waals surface area (Å²) < 4.78 is 15.3. The molecule has 0 amide bonds. The standard InChI is InChI=1S/C14H10Cl2FNO/c15-10-6-8(7-11(16)14(10)17)18-5-4-9-12(18)2-1-3-13(9)19/h4-7H,1-3H2. The first-order valence-electron chi connectivity index (χ1n) is 5.96. The topological polar surface area (TPSA) is 22.0 Å². The van der Waals surface area contributed by atoms with E-state index in [0.717, 1.165) is 24.1 Å². The fraction of sp³-hybridized carbons (Fsp3) is 0.214. The summed E-state index contributed by atoms with van der Waals surface area (Å²) in [5.74, 6) is -0.469. The third-order valence-electron chi connectivity index (χ3n) is 3.36. The zero-order valence-electron chi connectivity index (χ0n) is 9.92. The van der Waals surface area contributed by atoms with Gasteiger partial charge >= 0.3 is 0 Å². The minimum Gasteiger partial charge on any atom is -0.320 e. The Kier molecular flexibility index (Phi) is 3.11. The van der Waals surface area contributed by atoms with Gasteiger partial charge in [0, 0.05) is 29.6 Å². The summed E-state index contributed by atoms with van der Waals surface area (Å²) in [7, 11) is 0. The highest BCUT2D eigenvalue weighted by atomic mass is 35.5. The first-order valence-corrected chi connectivity index (χ1v) is 6.72. The van der Waals surface area contributed by atoms with Crippen LogP contribution in [0.5, 0.6) is 0 Å². The molecule has 1 heterocycles. The van der Waals surface area contributed by atoms with Crippen molar-refractivity contribution in [3.05, 3.63) is 51.5 Å². The number of hydrogen-bond donors (Lipinski definition) is 0. The van der Waals surface area contributed by atoms with Crippen LogP contribution in [0.25, 0.3) is 5.69 Å². The van der Waals surface area contributed by atoms with E-state index in [-0.39, 0.29) is 15.8 Å². The van der Waals surface area contributed by atoms with E-state index in [2.05, 4.69) is 0 Å². The maximum atomic E-state index is 13.4. The van der Waals surface area contributed by atoms with Crippen LogP contribution < -0.4 is 0 Å². The molecular weight excluding hydrogens is 288 g/mol. The third-order valence-corrected chi connectivity index (χ3v) is 3.91. The Morgan fingerprint density at radius 1 is 1.16 bits per heavy atom. The van der Waals surface area contributed by atoms with Crippen LogP contribution in [0.15, 0.2) is 24.4 Å². The lowest BCUT2D eigenvalue weighted by Gasteiger charge is -2.15. The molecule has 19 heavy (non-hydrogen) atoms. The van der Waals surface area contributed by atoms with Gasteiger partial charge in [0.05, 0.1) is 10.0 Å². The number of hydrogen-bond acceptors (Lipinski definition) is 1. The minimum absolute atomic E-state index is 0.0212. The molecule has 0 aliphatic heterocycles. The first-order chi connectivity index (χ1) is 9.08. The van der Waals surface area contributed by atoms with Gasteiger partial charge in [0.1, 0.15) is 0 Å². The summed E-state index contributed by atoms with van der Waals surface area (Å²) in [6.45, 7) is 0. The maximum Gasteiger partial charge on any atom is 0.164 e. The van der Waals surface area contributed by atoms with E-state index in [0.29, 0.717) is 12.1 Å². The number of aromatic nitrogens is 1. The van der Waals surface area contributed by atoms with Crippen LogP contribution in [0, 0.1) is 5.82 Å². The smallest absolute Gasteiger partial charge is 0.164 e. The van der Waals surface area contributed by atoms with E-state index in [1.54, 1.807) is 12.3 Å². The fourth-order valence-electron chi connectivity index (χ4n) is 2.45. The van der Waals surface area contributed by atoms with Crippen molar-refractivity contribution in [1.82, 2.24) is 4.57 Å². The number of benzene rings is 1. The summed E-state index contributed by atoms with van der Waals surface area (Å²) in [6.07, 6.45) is 4.04. The van der Waals surface area contributed by atoms with Crippen molar-refractivity contribution < 1.29 is 9.18 Å². The van der Waals surface area contributed by atoms with Crippen LogP contribution in [-0.4, -0.2) is 10.4 Å². The summed E-state index contributed by atoms with van der Waals surface area (Å²) in [6, 6.07) is 4.83. The van der Waals surface area contributed by atoms with Gasteiger partial charge in [0.2, 0.25) is 0 Å². The molecule has 5 heteroatoms. The Morgan fingerprint density at radius 3 is 2.53 bits per heavy atom. The lowest BCUT2D eigenvalue weighted by Crippen LogP contribution is -2.12. The number of Topliss-reactive ketones (excluding diaryl/α,β-unsaturated/α-hetero) is 1. The van der Waals surface area contributed by atoms with Crippen LogP contribution in [-0.2, 0) is 6.42 Å². The second kappa shape index (κ2) is 4.66. The highest BCUT2D eigenvalue weighted by Gasteiger charge is 2.21. The number of carbonyl (C=O) groups excluding carboxylic acids is 1. The van der Waals surface area contributed by atoms with Crippen molar-refractivity contribution in [2.75, 3.05) is 0 Å². The van der Waals surface area contributed by atoms with Crippen molar-refractivity contribution in [1.29, 1.82) is 0 Å². The van der Waals surface area contributed by atoms with Crippen molar-refractivity contribution in [3.63, 3.8) is 0 Å². The lowest BCUT2D eigenvalue weighted by atomic mass is 9.97. The number of nitrogens with zero attached hydrogens (tertiary/aromatic N) is 1. The number of carbonyl (C=O) groups is 1. The molecule has 0 spiro atoms. The number of halogens is 3. The van der Waals surface area contributed by atoms with Crippen LogP contribution in [0.3, 0.4) is 0 Å². The number of fused-ring (bicyclic) bond motifs is 1. The molecule has 0 fully saturated rings. The highest BCUT2D eigenvalue weighted by Crippen LogP contribution is 2.30. The molecule has 0 bridgehead atoms. The molecule has 0 atom stereocenters. The van der Waals surface area contributed by atoms with E-state index in [1.165, 1.54) is 12.1 Å². The largest absolute Gasteiger partial charge is 0.320 e. The van der Waals surface area contributed by atoms with Crippen molar-refractivity contribution in [2.45, 2.75) is 19.3 Å². The number of ketones is 1. The van der Waals surface area contributed by atoms with Gasteiger partial charge in [-0.3, -0.25) is 4.79 Å². The van der Waals surface area contributed by atoms with E-state index < -0.39 is 5.82 Å². The molecule has 0 N–H and O–H groups in total. The van der Waals surface area contributed by atoms with E-state index >= 15 is 0 Å². The van der Waals surface area contributed by atoms with Crippen LogP contribution in [0.2, 0.25) is 10.0 Å². The second-order valence-electron chi connectivity index (χ2n) is 4.55. The van der Waals surface area contributed by atoms with Gasteiger partial charge in [-0.15, -0.1) is 0 Å². The van der Waals surface area contributed by atoms with Gasteiger partial charge in [-0.1, -0.05) is 23.2 Å². The molecule has 1 aliphatic rings. The SMILES string of the molecule is O=C1CCCc2c1ccn2-c1cc(Cl)c(F)c(Cl)c1. The summed E-state index contributed by atoms with van der Waals surface area (Å²) >= 11 is 11.6. The average molecular weight is 298 g/mol. The summed E-state index contributed by atoms with van der Waals surface area (Å²) in [5, 5.41) is -0.0424. The predicted molar refractivity (Wildman–Crippen MR) is 73.0 cm³/mol. The van der Waals surface area contributed by atoms with Crippen molar-refractivity contribution >= 4 is 29.0 Å². The van der Waals surface area contributed by atoms with Crippen LogP contribution in [0.4, 0.5) is 4.39 Å². The Morgan fingerprint density at radius 2 is 1.84 bits per heavy atom. The molecular formula is C14H10Cl2FNO. The van der Waals surface area contributed by atoms with E-state index in [4.69, 9.17) is 23.2 Å². The Labute approximate surface area is 119 Å². The molecule has 0 radical (unpaired) electrons. The fourth-order valence-corrected chi connectivity index (χ4v) is 2.92. The van der Waals surface area contributed by atoms with Crippen LogP contribution in [0.1, 0.15) is 28.9 Å². The van der Waals surface area contributed by atoms with E-state index in [9.17, 15) is 9.18 Å². The Hall–Kier alpha value is -1.32. The van der Waals surface area contributed by atoms with Gasteiger partial charge < -0.3 is 4.57 Å². The van der Waals surface area contributed by atoms with Gasteiger partial charge in [0.25, 0.3) is 0 Å². The van der Waals surface area contributed by atoms with Gasteiger partial charge in [0.15, 0.2) is 11.6 Å². The molecule has 3 rings (SSSR count). The van der Waals surface area contributed by atoms with Gasteiger partial charge in [-0.2, -0.15) is 0 Å². The molecule has 1 aromatic carbocycles. The Bertz CT molecular complexity index is 655. The molecule has 0 saturated carbocycles. The molecule has 0 unspecified atom stereocenters. The average Bonchev–Trinajstić information content (AvgIpc) is 2.80. The Balaban J connectivity index is 2.16. The van der Waals surface area contributed by atoms with Crippen molar-refractivity contribution in [3.8, 4) is 5.69 Å². The lowest BCUT2D eigenvalue weighted by molar-refractivity contribution is 0.0972. The molecule has 1 aliphatic carbocycles. The predicted octanol–water partition coefficient (Wildman–Crippen LogP) is 4.44. The minimum atomic E-state index is -0.621. The van der Waals surface area contributed by atoms with E-state index in [1.807, 2.05) is 4.57 Å². The number of rotatable bonds is 1. The summed E-state index contributed by atoms with van der Waals surface area (Å²) in [4.78, 5) is 11.8. The monoisotopic (exact) mass is 297 g/mol. The second-order valence-corrected chi connectivity index (χ2v) is 5.36. The van der Waals surface area contributed by atoms with Gasteiger partial charge in [-0.05, 0) is 31.0 Å². The molecule has 1 aromatic heterocycles. The molecule has 98 valence electrons. The highest BCUT2D eigenvalue weighted by molar-refractivity contribution is 6.35. The normalized spacial score (nSPS) is 14.6. The quantitative estimate of drug-likeness (QED) is 0.713. The first kappa shape index (κ1) is 12.7. The van der Waals surface area contributed by atoms with Gasteiger partial charge in [-0.25, -0.2) is 4.39 Å². The molecule has 2 aromatic rings. The zero-order chi connectivity index (χ0) is 13.6. The summed E-state index contributed by atoms with van der Waals surface area (Å²) in [5.41, 5.74) is 2.35.